The van der Waals surface area contributed by atoms with Crippen molar-refractivity contribution >= 4 is 17.2 Å². The molecule has 1 aromatic heterocycles. The molecular weight excluding hydrogens is 286 g/mol. The highest BCUT2D eigenvalue weighted by Gasteiger charge is 2.38. The number of ether oxygens (including phenoxy) is 1. The summed E-state index contributed by atoms with van der Waals surface area (Å²) < 4.78 is 5.46. The maximum absolute atomic E-state index is 12.0. The Hall–Kier alpha value is -1.35. The van der Waals surface area contributed by atoms with E-state index in [2.05, 4.69) is 17.2 Å². The molecule has 5 heteroatoms. The predicted molar refractivity (Wildman–Crippen MR) is 83.0 cm³/mol. The van der Waals surface area contributed by atoms with Gasteiger partial charge < -0.3 is 15.2 Å². The van der Waals surface area contributed by atoms with Gasteiger partial charge in [0.15, 0.2) is 0 Å². The molecule has 0 unspecified atom stereocenters. The van der Waals surface area contributed by atoms with Crippen LogP contribution in [0.2, 0.25) is 0 Å². The van der Waals surface area contributed by atoms with Crippen molar-refractivity contribution in [3.05, 3.63) is 21.9 Å². The fourth-order valence-corrected chi connectivity index (χ4v) is 3.08. The van der Waals surface area contributed by atoms with Gasteiger partial charge in [-0.25, -0.2) is 0 Å². The van der Waals surface area contributed by atoms with Crippen LogP contribution in [-0.2, 0) is 16.1 Å². The summed E-state index contributed by atoms with van der Waals surface area (Å²) in [5.74, 6) is 5.91. The molecule has 0 aromatic carbocycles. The Balaban J connectivity index is 1.78. The topological polar surface area (TPSA) is 58.6 Å². The lowest BCUT2D eigenvalue weighted by Gasteiger charge is -2.39. The molecule has 4 nitrogen and oxygen atoms in total. The Morgan fingerprint density at radius 1 is 1.57 bits per heavy atom. The summed E-state index contributed by atoms with van der Waals surface area (Å²) in [6.07, 6.45) is 4.02. The van der Waals surface area contributed by atoms with Gasteiger partial charge in [0.2, 0.25) is 5.91 Å². The number of carbonyl (C=O) groups is 1. The molecule has 0 bridgehead atoms. The van der Waals surface area contributed by atoms with Gasteiger partial charge in [0, 0.05) is 29.4 Å². The van der Waals surface area contributed by atoms with Crippen LogP contribution in [-0.4, -0.2) is 30.3 Å². The molecule has 1 saturated carbocycles. The molecule has 1 aliphatic carbocycles. The number of methoxy groups -OCH3 is 1. The van der Waals surface area contributed by atoms with Gasteiger partial charge in [-0.15, -0.1) is 11.3 Å². The van der Waals surface area contributed by atoms with Crippen molar-refractivity contribution in [3.8, 4) is 11.8 Å². The number of thiophene rings is 1. The summed E-state index contributed by atoms with van der Waals surface area (Å²) in [6, 6.07) is 1.98. The van der Waals surface area contributed by atoms with E-state index in [0.717, 1.165) is 29.7 Å². The Bertz CT molecular complexity index is 532. The van der Waals surface area contributed by atoms with Crippen LogP contribution in [0.3, 0.4) is 0 Å². The highest BCUT2D eigenvalue weighted by atomic mass is 32.1. The first-order valence-corrected chi connectivity index (χ1v) is 8.04. The molecule has 1 fully saturated rings. The summed E-state index contributed by atoms with van der Waals surface area (Å²) in [5, 5.41) is 13.6. The third kappa shape index (κ3) is 4.57. The molecule has 21 heavy (non-hydrogen) atoms. The molecule has 0 atom stereocenters. The average Bonchev–Trinajstić information content (AvgIpc) is 2.89. The normalized spacial score (nSPS) is 15.7. The van der Waals surface area contributed by atoms with Crippen LogP contribution in [0.4, 0.5) is 0 Å². The maximum Gasteiger partial charge on any atom is 0.223 e. The van der Waals surface area contributed by atoms with Crippen molar-refractivity contribution in [1.82, 2.24) is 5.32 Å². The first-order valence-electron chi connectivity index (χ1n) is 7.16. The second kappa shape index (κ2) is 7.60. The zero-order valence-electron chi connectivity index (χ0n) is 12.3. The molecule has 1 heterocycles. The molecule has 2 N–H and O–H groups in total. The Kier molecular flexibility index (Phi) is 5.80. The number of hydrogen-bond donors (Lipinski definition) is 2. The second-order valence-electron chi connectivity index (χ2n) is 5.27. The number of aliphatic hydroxyl groups is 1. The first kappa shape index (κ1) is 16.0. The molecule has 114 valence electrons. The van der Waals surface area contributed by atoms with Crippen LogP contribution >= 0.6 is 11.3 Å². The molecule has 1 amide bonds. The third-order valence-corrected chi connectivity index (χ3v) is 4.70. The van der Waals surface area contributed by atoms with Crippen molar-refractivity contribution in [2.75, 3.05) is 13.7 Å². The number of rotatable bonds is 6. The zero-order valence-corrected chi connectivity index (χ0v) is 13.1. The van der Waals surface area contributed by atoms with Crippen molar-refractivity contribution in [2.24, 2.45) is 0 Å². The predicted octanol–water partition coefficient (Wildman–Crippen LogP) is 2.06. The number of hydrogen-bond acceptors (Lipinski definition) is 4. The smallest absolute Gasteiger partial charge is 0.223 e. The number of nitrogens with one attached hydrogen (secondary N) is 1. The molecular formula is C16H21NO3S. The van der Waals surface area contributed by atoms with E-state index in [1.807, 2.05) is 11.4 Å². The molecule has 1 aliphatic rings. The molecule has 2 rings (SSSR count). The van der Waals surface area contributed by atoms with Gasteiger partial charge in [-0.2, -0.15) is 0 Å². The van der Waals surface area contributed by atoms with Crippen LogP contribution in [0.1, 0.15) is 42.5 Å². The third-order valence-electron chi connectivity index (χ3n) is 3.76. The average molecular weight is 307 g/mol. The van der Waals surface area contributed by atoms with E-state index < -0.39 is 0 Å². The quantitative estimate of drug-likeness (QED) is 0.791. The highest BCUT2D eigenvalue weighted by Crippen LogP contribution is 2.37. The largest absolute Gasteiger partial charge is 0.395 e. The van der Waals surface area contributed by atoms with Crippen molar-refractivity contribution in [1.29, 1.82) is 0 Å². The van der Waals surface area contributed by atoms with Crippen LogP contribution in [0, 0.1) is 11.8 Å². The van der Waals surface area contributed by atoms with Gasteiger partial charge in [0.05, 0.1) is 25.2 Å². The minimum absolute atomic E-state index is 0.0397. The van der Waals surface area contributed by atoms with Gasteiger partial charge in [-0.1, -0.05) is 11.8 Å². The van der Waals surface area contributed by atoms with Crippen LogP contribution in [0.5, 0.6) is 0 Å². The Labute approximate surface area is 129 Å². The van der Waals surface area contributed by atoms with E-state index in [1.165, 1.54) is 0 Å². The summed E-state index contributed by atoms with van der Waals surface area (Å²) in [6.45, 7) is 0.617. The lowest BCUT2D eigenvalue weighted by Crippen LogP contribution is -2.43. The molecule has 0 aliphatic heterocycles. The molecule has 0 radical (unpaired) electrons. The number of carbonyl (C=O) groups excluding carboxylic acids is 1. The number of aliphatic hydroxyl groups excluding tert-OH is 1. The second-order valence-corrected chi connectivity index (χ2v) is 6.27. The SMILES string of the molecule is COC1(CC(=O)NCc2cc(C#CCCO)cs2)CCC1. The van der Waals surface area contributed by atoms with Crippen LogP contribution in [0.25, 0.3) is 0 Å². The fraction of sp³-hybridized carbons (Fsp3) is 0.562. The van der Waals surface area contributed by atoms with Crippen LogP contribution < -0.4 is 5.32 Å². The van der Waals surface area contributed by atoms with Crippen molar-refractivity contribution in [2.45, 2.75) is 44.2 Å². The number of amides is 1. The lowest BCUT2D eigenvalue weighted by molar-refractivity contribution is -0.134. The molecule has 0 saturated heterocycles. The summed E-state index contributed by atoms with van der Waals surface area (Å²) in [7, 11) is 1.68. The Morgan fingerprint density at radius 2 is 2.38 bits per heavy atom. The van der Waals surface area contributed by atoms with Gasteiger partial charge in [-0.05, 0) is 25.3 Å². The Morgan fingerprint density at radius 3 is 3.00 bits per heavy atom. The lowest BCUT2D eigenvalue weighted by atomic mass is 9.77. The van der Waals surface area contributed by atoms with Crippen molar-refractivity contribution in [3.63, 3.8) is 0 Å². The summed E-state index contributed by atoms with van der Waals surface area (Å²) >= 11 is 1.58. The van der Waals surface area contributed by atoms with Crippen LogP contribution in [0.15, 0.2) is 11.4 Å². The monoisotopic (exact) mass is 307 g/mol. The molecule has 1 aromatic rings. The van der Waals surface area contributed by atoms with Gasteiger partial charge in [0.25, 0.3) is 0 Å². The van der Waals surface area contributed by atoms with Gasteiger partial charge >= 0.3 is 0 Å². The van der Waals surface area contributed by atoms with E-state index in [4.69, 9.17) is 9.84 Å². The van der Waals surface area contributed by atoms with E-state index in [9.17, 15) is 4.79 Å². The standard InChI is InChI=1S/C16H21NO3S/c1-20-16(6-4-7-16)10-15(19)17-11-14-9-13(12-21-14)5-2-3-8-18/h9,12,18H,3-4,6-8,10-11H2,1H3,(H,17,19). The summed E-state index contributed by atoms with van der Waals surface area (Å²) in [5.41, 5.74) is 0.713. The minimum atomic E-state index is -0.222. The fourth-order valence-electron chi connectivity index (χ4n) is 2.32. The van der Waals surface area contributed by atoms with E-state index in [1.54, 1.807) is 18.4 Å². The minimum Gasteiger partial charge on any atom is -0.395 e. The van der Waals surface area contributed by atoms with E-state index in [0.29, 0.717) is 19.4 Å². The van der Waals surface area contributed by atoms with Gasteiger partial charge in [0.1, 0.15) is 0 Å². The first-order chi connectivity index (χ1) is 10.2. The van der Waals surface area contributed by atoms with E-state index in [-0.39, 0.29) is 18.1 Å². The van der Waals surface area contributed by atoms with E-state index >= 15 is 0 Å². The maximum atomic E-state index is 12.0. The van der Waals surface area contributed by atoms with Crippen molar-refractivity contribution < 1.29 is 14.6 Å². The van der Waals surface area contributed by atoms with Gasteiger partial charge in [-0.3, -0.25) is 4.79 Å². The molecule has 0 spiro atoms. The highest BCUT2D eigenvalue weighted by molar-refractivity contribution is 7.10. The summed E-state index contributed by atoms with van der Waals surface area (Å²) in [4.78, 5) is 13.0. The zero-order chi connectivity index (χ0) is 15.1.